The van der Waals surface area contributed by atoms with Crippen LogP contribution >= 0.6 is 12.6 Å². The van der Waals surface area contributed by atoms with Crippen molar-refractivity contribution in [2.24, 2.45) is 11.5 Å². The molecule has 10 nitrogen and oxygen atoms in total. The summed E-state index contributed by atoms with van der Waals surface area (Å²) in [7, 11) is 0. The van der Waals surface area contributed by atoms with Gasteiger partial charge in [-0.05, 0) is 43.5 Å². The van der Waals surface area contributed by atoms with Gasteiger partial charge in [-0.3, -0.25) is 19.2 Å². The number of unbranched alkanes of at least 4 members (excludes halogenated alkanes) is 1. The Morgan fingerprint density at radius 1 is 1.03 bits per heavy atom. The van der Waals surface area contributed by atoms with Crippen molar-refractivity contribution in [3.8, 4) is 5.75 Å². The molecule has 0 saturated heterocycles. The summed E-state index contributed by atoms with van der Waals surface area (Å²) in [6, 6.07) is 5.04. The average Bonchev–Trinajstić information content (AvgIpc) is 2.71. The third-order valence-corrected chi connectivity index (χ3v) is 4.53. The van der Waals surface area contributed by atoms with Gasteiger partial charge >= 0.3 is 0 Å². The lowest BCUT2D eigenvalue weighted by molar-refractivity contribution is -0.128. The van der Waals surface area contributed by atoms with E-state index in [1.54, 1.807) is 12.1 Å². The highest BCUT2D eigenvalue weighted by Gasteiger charge is 2.30. The van der Waals surface area contributed by atoms with E-state index >= 15 is 0 Å². The van der Waals surface area contributed by atoms with Gasteiger partial charge in [-0.2, -0.15) is 12.6 Å². The van der Waals surface area contributed by atoms with E-state index in [-0.39, 0.29) is 36.4 Å². The number of nitrogens with two attached hydrogens (primary N) is 2. The number of carbonyl (C=O) groups is 4. The highest BCUT2D eigenvalue weighted by atomic mass is 32.1. The third-order valence-electron chi connectivity index (χ3n) is 4.17. The summed E-state index contributed by atoms with van der Waals surface area (Å²) >= 11 is 3.99. The van der Waals surface area contributed by atoms with Crippen LogP contribution in [0.5, 0.6) is 5.75 Å². The van der Waals surface area contributed by atoms with Crippen LogP contribution in [0.2, 0.25) is 0 Å². The Morgan fingerprint density at radius 2 is 1.68 bits per heavy atom. The number of benzene rings is 1. The molecular formula is C20H29N5O5S. The van der Waals surface area contributed by atoms with Gasteiger partial charge < -0.3 is 32.5 Å². The zero-order chi connectivity index (χ0) is 23.4. The van der Waals surface area contributed by atoms with Crippen LogP contribution in [0.3, 0.4) is 0 Å². The molecule has 4 amide bonds. The number of hydrogen-bond acceptors (Lipinski definition) is 7. The number of rotatable bonds is 13. The van der Waals surface area contributed by atoms with Crippen LogP contribution in [0.15, 0.2) is 24.3 Å². The topological polar surface area (TPSA) is 177 Å². The Morgan fingerprint density at radius 3 is 2.19 bits per heavy atom. The standard InChI is InChI=1S/C20H29N5O5S/c1-12(26)23-15(4-2-3-9-21)19(29)24-16(10-13-5-7-14(27)8-6-13)20(30)25-17(11-31)18(22)28/h5-8,17,27,31H,2-4,9-11,21H2,1H3,(H2,22,28)(H,23,26)(H,24,29)(H,25,30)/t17-/m0/s1. The summed E-state index contributed by atoms with van der Waals surface area (Å²) in [5.41, 5.74) is 11.3. The number of phenolic OH excluding ortho intramolecular Hbond substituents is 1. The minimum absolute atomic E-state index is 0.00788. The lowest BCUT2D eigenvalue weighted by Crippen LogP contribution is -2.52. The Labute approximate surface area is 186 Å². The van der Waals surface area contributed by atoms with Crippen molar-refractivity contribution >= 4 is 36.3 Å². The molecule has 11 heteroatoms. The zero-order valence-electron chi connectivity index (χ0n) is 17.3. The molecule has 170 valence electrons. The SMILES string of the molecule is CC(=O)N[C](CCCCN)C(=O)N[C](Cc1ccc(O)cc1)C(=O)N[C@@H](CS)C(N)=O. The second-order valence-electron chi connectivity index (χ2n) is 6.79. The maximum atomic E-state index is 12.8. The Balaban J connectivity index is 3.02. The van der Waals surface area contributed by atoms with Gasteiger partial charge in [-0.1, -0.05) is 12.1 Å². The Hall–Kier alpha value is -2.79. The van der Waals surface area contributed by atoms with Crippen molar-refractivity contribution in [2.45, 2.75) is 38.6 Å². The van der Waals surface area contributed by atoms with Gasteiger partial charge in [0.15, 0.2) is 12.1 Å². The molecule has 31 heavy (non-hydrogen) atoms. The predicted molar refractivity (Wildman–Crippen MR) is 118 cm³/mol. The van der Waals surface area contributed by atoms with E-state index in [1.165, 1.54) is 19.1 Å². The van der Waals surface area contributed by atoms with E-state index in [4.69, 9.17) is 11.5 Å². The van der Waals surface area contributed by atoms with Gasteiger partial charge in [-0.25, -0.2) is 0 Å². The van der Waals surface area contributed by atoms with E-state index in [2.05, 4.69) is 28.6 Å². The first kappa shape index (κ1) is 26.2. The summed E-state index contributed by atoms with van der Waals surface area (Å²) in [4.78, 5) is 48.5. The molecule has 0 aliphatic heterocycles. The van der Waals surface area contributed by atoms with Crippen molar-refractivity contribution in [3.05, 3.63) is 41.9 Å². The minimum Gasteiger partial charge on any atom is -0.508 e. The molecule has 8 N–H and O–H groups in total. The maximum Gasteiger partial charge on any atom is 0.249 e. The summed E-state index contributed by atoms with van der Waals surface area (Å²) < 4.78 is 0. The molecule has 1 aromatic rings. The van der Waals surface area contributed by atoms with Crippen LogP contribution < -0.4 is 27.4 Å². The summed E-state index contributed by atoms with van der Waals surface area (Å²) in [6.45, 7) is 1.71. The smallest absolute Gasteiger partial charge is 0.249 e. The van der Waals surface area contributed by atoms with Crippen LogP contribution in [0.4, 0.5) is 0 Å². The molecule has 1 atom stereocenters. The fourth-order valence-electron chi connectivity index (χ4n) is 2.56. The van der Waals surface area contributed by atoms with Crippen LogP contribution in [0, 0.1) is 12.1 Å². The van der Waals surface area contributed by atoms with Crippen LogP contribution in [0.1, 0.15) is 31.7 Å². The first-order valence-electron chi connectivity index (χ1n) is 9.67. The number of thiol groups is 1. The van der Waals surface area contributed by atoms with Crippen molar-refractivity contribution in [1.29, 1.82) is 0 Å². The molecule has 0 spiro atoms. The highest BCUT2D eigenvalue weighted by molar-refractivity contribution is 7.80. The lowest BCUT2D eigenvalue weighted by Gasteiger charge is -2.23. The first-order chi connectivity index (χ1) is 14.7. The molecule has 1 aromatic carbocycles. The Kier molecular flexibility index (Phi) is 11.4. The zero-order valence-corrected chi connectivity index (χ0v) is 18.2. The molecular weight excluding hydrogens is 422 g/mol. The Bertz CT molecular complexity index is 759. The third kappa shape index (κ3) is 9.71. The van der Waals surface area contributed by atoms with Crippen LogP contribution in [-0.4, -0.2) is 47.1 Å². The molecule has 0 aromatic heterocycles. The number of nitrogens with one attached hydrogen (secondary N) is 3. The van der Waals surface area contributed by atoms with E-state index in [0.29, 0.717) is 24.9 Å². The maximum absolute atomic E-state index is 12.8. The van der Waals surface area contributed by atoms with Gasteiger partial charge in [0.2, 0.25) is 23.6 Å². The van der Waals surface area contributed by atoms with Gasteiger partial charge in [0.1, 0.15) is 11.8 Å². The normalized spacial score (nSPS) is 11.8. The van der Waals surface area contributed by atoms with Crippen molar-refractivity contribution in [2.75, 3.05) is 12.3 Å². The van der Waals surface area contributed by atoms with E-state index in [1.807, 2.05) is 0 Å². The first-order valence-corrected chi connectivity index (χ1v) is 10.3. The molecule has 0 aliphatic carbocycles. The van der Waals surface area contributed by atoms with E-state index in [9.17, 15) is 24.3 Å². The average molecular weight is 452 g/mol. The van der Waals surface area contributed by atoms with Gasteiger partial charge in [0, 0.05) is 19.1 Å². The highest BCUT2D eigenvalue weighted by Crippen LogP contribution is 2.16. The molecule has 0 unspecified atom stereocenters. The largest absolute Gasteiger partial charge is 0.508 e. The van der Waals surface area contributed by atoms with Gasteiger partial charge in [0.25, 0.3) is 0 Å². The molecule has 1 rings (SSSR count). The number of primary amides is 1. The molecule has 0 aliphatic rings. The van der Waals surface area contributed by atoms with Crippen molar-refractivity contribution in [3.63, 3.8) is 0 Å². The molecule has 0 saturated carbocycles. The second-order valence-corrected chi connectivity index (χ2v) is 7.16. The van der Waals surface area contributed by atoms with Gasteiger partial charge in [0.05, 0.1) is 0 Å². The monoisotopic (exact) mass is 451 g/mol. The number of aromatic hydroxyl groups is 1. The number of hydrogen-bond donors (Lipinski definition) is 7. The van der Waals surface area contributed by atoms with Crippen molar-refractivity contribution < 1.29 is 24.3 Å². The molecule has 0 fully saturated rings. The fourth-order valence-corrected chi connectivity index (χ4v) is 2.83. The molecule has 2 radical (unpaired) electrons. The number of phenols is 1. The summed E-state index contributed by atoms with van der Waals surface area (Å²) in [6.07, 6.45) is 1.48. The van der Waals surface area contributed by atoms with Gasteiger partial charge in [-0.15, -0.1) is 0 Å². The van der Waals surface area contributed by atoms with Crippen molar-refractivity contribution in [1.82, 2.24) is 16.0 Å². The summed E-state index contributed by atoms with van der Waals surface area (Å²) in [5.74, 6) is -2.55. The van der Waals surface area contributed by atoms with Crippen LogP contribution in [-0.2, 0) is 25.6 Å². The second kappa shape index (κ2) is 13.5. The predicted octanol–water partition coefficient (Wildman–Crippen LogP) is -0.720. The lowest BCUT2D eigenvalue weighted by atomic mass is 10.0. The number of carbonyl (C=O) groups excluding carboxylic acids is 4. The fraction of sp³-hybridized carbons (Fsp3) is 0.400. The quantitative estimate of drug-likeness (QED) is 0.154. The number of amides is 4. The van der Waals surface area contributed by atoms with E-state index < -0.39 is 29.7 Å². The molecule has 0 bridgehead atoms. The minimum atomic E-state index is -1.04. The van der Waals surface area contributed by atoms with Crippen LogP contribution in [0.25, 0.3) is 0 Å². The van der Waals surface area contributed by atoms with E-state index in [0.717, 1.165) is 0 Å². The molecule has 0 heterocycles. The summed E-state index contributed by atoms with van der Waals surface area (Å²) in [5, 5.41) is 16.9.